The van der Waals surface area contributed by atoms with Crippen LogP contribution in [0.3, 0.4) is 0 Å². The van der Waals surface area contributed by atoms with E-state index in [1.807, 2.05) is 24.3 Å². The molecule has 1 unspecified atom stereocenters. The lowest BCUT2D eigenvalue weighted by Gasteiger charge is -2.24. The maximum Gasteiger partial charge on any atom is 0.248 e. The van der Waals surface area contributed by atoms with Gasteiger partial charge < -0.3 is 15.4 Å². The number of amides is 1. The molecule has 1 aliphatic heterocycles. The van der Waals surface area contributed by atoms with Gasteiger partial charge in [0, 0.05) is 25.4 Å². The van der Waals surface area contributed by atoms with Gasteiger partial charge in [0.1, 0.15) is 11.8 Å². The summed E-state index contributed by atoms with van der Waals surface area (Å²) in [6.45, 7) is 1.20. The maximum absolute atomic E-state index is 12.7. The van der Waals surface area contributed by atoms with Crippen LogP contribution in [-0.4, -0.2) is 28.8 Å². The molecule has 6 heteroatoms. The van der Waals surface area contributed by atoms with E-state index in [1.54, 1.807) is 29.0 Å². The molecule has 2 heterocycles. The van der Waals surface area contributed by atoms with E-state index in [9.17, 15) is 4.79 Å². The first-order valence-electron chi connectivity index (χ1n) is 6.94. The fraction of sp³-hybridized carbons (Fsp3) is 0.333. The molecular formula is C15H18N4O2. The number of rotatable bonds is 2. The molecule has 1 aliphatic rings. The smallest absolute Gasteiger partial charge is 0.248 e. The van der Waals surface area contributed by atoms with Crippen LogP contribution in [0.5, 0.6) is 5.75 Å². The molecule has 0 radical (unpaired) electrons. The van der Waals surface area contributed by atoms with Crippen molar-refractivity contribution in [3.63, 3.8) is 0 Å². The van der Waals surface area contributed by atoms with Gasteiger partial charge in [0.2, 0.25) is 5.91 Å². The number of aromatic nitrogens is 2. The number of carbonyl (C=O) groups excluding carboxylic acids is 1. The molecule has 0 bridgehead atoms. The number of hydrogen-bond donors (Lipinski definition) is 1. The van der Waals surface area contributed by atoms with Crippen molar-refractivity contribution in [3.05, 3.63) is 42.2 Å². The molecule has 110 valence electrons. The third kappa shape index (κ3) is 2.62. The van der Waals surface area contributed by atoms with Crippen LogP contribution in [0.15, 0.2) is 36.7 Å². The number of anilines is 1. The Morgan fingerprint density at radius 1 is 1.43 bits per heavy atom. The van der Waals surface area contributed by atoms with E-state index in [-0.39, 0.29) is 5.91 Å². The lowest BCUT2D eigenvalue weighted by molar-refractivity contribution is -0.120. The van der Waals surface area contributed by atoms with E-state index in [4.69, 9.17) is 10.5 Å². The molecule has 0 spiro atoms. The predicted octanol–water partition coefficient (Wildman–Crippen LogP) is 1.24. The first kappa shape index (κ1) is 13.6. The molecule has 2 N–H and O–H groups in total. The van der Waals surface area contributed by atoms with Crippen LogP contribution in [0.4, 0.5) is 5.69 Å². The number of benzene rings is 1. The number of nitrogens with two attached hydrogens (primary N) is 1. The van der Waals surface area contributed by atoms with Gasteiger partial charge in [0.25, 0.3) is 0 Å². The van der Waals surface area contributed by atoms with Crippen molar-refractivity contribution >= 4 is 11.6 Å². The molecule has 3 rings (SSSR count). The second kappa shape index (κ2) is 5.57. The van der Waals surface area contributed by atoms with Gasteiger partial charge in [0.15, 0.2) is 0 Å². The Bertz CT molecular complexity index is 653. The van der Waals surface area contributed by atoms with Crippen molar-refractivity contribution < 1.29 is 9.53 Å². The summed E-state index contributed by atoms with van der Waals surface area (Å²) in [7, 11) is 1.80. The zero-order valence-corrected chi connectivity index (χ0v) is 11.9. The highest BCUT2D eigenvalue weighted by atomic mass is 16.5. The summed E-state index contributed by atoms with van der Waals surface area (Å²) in [6.07, 6.45) is 4.17. The molecule has 6 nitrogen and oxygen atoms in total. The van der Waals surface area contributed by atoms with E-state index in [1.165, 1.54) is 0 Å². The van der Waals surface area contributed by atoms with E-state index >= 15 is 0 Å². The average Bonchev–Trinajstić information content (AvgIpc) is 2.82. The second-order valence-electron chi connectivity index (χ2n) is 5.08. The first-order valence-corrected chi connectivity index (χ1v) is 6.94. The molecule has 2 aromatic rings. The van der Waals surface area contributed by atoms with Crippen molar-refractivity contribution in [2.45, 2.75) is 12.5 Å². The van der Waals surface area contributed by atoms with Gasteiger partial charge in [-0.05, 0) is 18.6 Å². The van der Waals surface area contributed by atoms with Crippen molar-refractivity contribution in [2.75, 3.05) is 18.1 Å². The summed E-state index contributed by atoms with van der Waals surface area (Å²) < 4.78 is 7.31. The van der Waals surface area contributed by atoms with Crippen LogP contribution < -0.4 is 15.4 Å². The molecule has 0 fully saturated rings. The molecule has 0 aliphatic carbocycles. The quantitative estimate of drug-likeness (QED) is 0.901. The number of carbonyl (C=O) groups is 1. The van der Waals surface area contributed by atoms with E-state index < -0.39 is 6.04 Å². The molecule has 1 amide bonds. The zero-order valence-electron chi connectivity index (χ0n) is 11.9. The van der Waals surface area contributed by atoms with Gasteiger partial charge in [0.05, 0.1) is 18.5 Å². The van der Waals surface area contributed by atoms with Gasteiger partial charge in [-0.15, -0.1) is 0 Å². The highest BCUT2D eigenvalue weighted by Gasteiger charge is 2.27. The summed E-state index contributed by atoms with van der Waals surface area (Å²) in [5.41, 5.74) is 7.60. The van der Waals surface area contributed by atoms with Crippen molar-refractivity contribution in [3.8, 4) is 5.75 Å². The Labute approximate surface area is 123 Å². The lowest BCUT2D eigenvalue weighted by Crippen LogP contribution is -2.39. The average molecular weight is 286 g/mol. The Kier molecular flexibility index (Phi) is 3.62. The Balaban J connectivity index is 1.90. The number of fused-ring (bicyclic) bond motifs is 1. The topological polar surface area (TPSA) is 73.4 Å². The van der Waals surface area contributed by atoms with Crippen LogP contribution in [0, 0.1) is 0 Å². The largest absolute Gasteiger partial charge is 0.491 e. The predicted molar refractivity (Wildman–Crippen MR) is 79.0 cm³/mol. The summed E-state index contributed by atoms with van der Waals surface area (Å²) in [4.78, 5) is 14.4. The Morgan fingerprint density at radius 2 is 2.24 bits per heavy atom. The molecular weight excluding hydrogens is 268 g/mol. The highest BCUT2D eigenvalue weighted by molar-refractivity contribution is 5.98. The molecule has 1 aromatic heterocycles. The lowest BCUT2D eigenvalue weighted by atomic mass is 10.1. The number of nitrogens with zero attached hydrogens (tertiary/aromatic N) is 3. The van der Waals surface area contributed by atoms with Crippen LogP contribution in [0.2, 0.25) is 0 Å². The van der Waals surface area contributed by atoms with E-state index in [2.05, 4.69) is 5.10 Å². The summed E-state index contributed by atoms with van der Waals surface area (Å²) in [5.74, 6) is 0.586. The molecule has 1 aromatic carbocycles. The van der Waals surface area contributed by atoms with Crippen LogP contribution in [0.1, 0.15) is 18.0 Å². The zero-order chi connectivity index (χ0) is 14.8. The monoisotopic (exact) mass is 286 g/mol. The van der Waals surface area contributed by atoms with Gasteiger partial charge in [-0.25, -0.2) is 0 Å². The third-order valence-corrected chi connectivity index (χ3v) is 3.56. The molecule has 0 saturated carbocycles. The fourth-order valence-electron chi connectivity index (χ4n) is 2.47. The van der Waals surface area contributed by atoms with Gasteiger partial charge in [-0.1, -0.05) is 12.1 Å². The maximum atomic E-state index is 12.7. The SMILES string of the molecule is Cn1cc(C(N)C(=O)N2CCCOc3ccccc32)cn1. The summed E-state index contributed by atoms with van der Waals surface area (Å²) in [6, 6.07) is 6.83. The minimum absolute atomic E-state index is 0.138. The highest BCUT2D eigenvalue weighted by Crippen LogP contribution is 2.32. The number of para-hydroxylation sites is 2. The standard InChI is InChI=1S/C15H18N4O2/c1-18-10-11(9-17-18)14(16)15(20)19-7-4-8-21-13-6-3-2-5-12(13)19/h2-3,5-6,9-10,14H,4,7-8,16H2,1H3. The minimum Gasteiger partial charge on any atom is -0.491 e. The van der Waals surface area contributed by atoms with Crippen LogP contribution in [-0.2, 0) is 11.8 Å². The van der Waals surface area contributed by atoms with E-state index in [0.29, 0.717) is 18.7 Å². The van der Waals surface area contributed by atoms with E-state index in [0.717, 1.165) is 17.9 Å². The van der Waals surface area contributed by atoms with Gasteiger partial charge in [-0.3, -0.25) is 9.48 Å². The van der Waals surface area contributed by atoms with Crippen LogP contribution >= 0.6 is 0 Å². The Morgan fingerprint density at radius 3 is 3.00 bits per heavy atom. The summed E-state index contributed by atoms with van der Waals surface area (Å²) >= 11 is 0. The van der Waals surface area contributed by atoms with Crippen molar-refractivity contribution in [2.24, 2.45) is 12.8 Å². The van der Waals surface area contributed by atoms with Gasteiger partial charge in [-0.2, -0.15) is 5.10 Å². The Hall–Kier alpha value is -2.34. The minimum atomic E-state index is -0.718. The molecule has 1 atom stereocenters. The number of ether oxygens (including phenoxy) is 1. The second-order valence-corrected chi connectivity index (χ2v) is 5.08. The van der Waals surface area contributed by atoms with Crippen molar-refractivity contribution in [1.82, 2.24) is 9.78 Å². The number of aryl methyl sites for hydroxylation is 1. The number of hydrogen-bond acceptors (Lipinski definition) is 4. The van der Waals surface area contributed by atoms with Crippen molar-refractivity contribution in [1.29, 1.82) is 0 Å². The fourth-order valence-corrected chi connectivity index (χ4v) is 2.47. The first-order chi connectivity index (χ1) is 10.2. The summed E-state index contributed by atoms with van der Waals surface area (Å²) in [5, 5.41) is 4.07. The van der Waals surface area contributed by atoms with Crippen LogP contribution in [0.25, 0.3) is 0 Å². The normalized spacial score (nSPS) is 15.8. The molecule has 0 saturated heterocycles. The molecule has 21 heavy (non-hydrogen) atoms. The van der Waals surface area contributed by atoms with Gasteiger partial charge >= 0.3 is 0 Å². The third-order valence-electron chi connectivity index (χ3n) is 3.56.